The van der Waals surface area contributed by atoms with E-state index in [1.807, 2.05) is 0 Å². The van der Waals surface area contributed by atoms with E-state index in [0.29, 0.717) is 6.54 Å². The maximum atomic E-state index is 11.8. The van der Waals surface area contributed by atoms with Gasteiger partial charge in [0.05, 0.1) is 0 Å². The highest BCUT2D eigenvalue weighted by molar-refractivity contribution is 9.09. The van der Waals surface area contributed by atoms with Crippen LogP contribution in [0.25, 0.3) is 0 Å². The molecule has 1 amide bonds. The molecule has 1 heterocycles. The van der Waals surface area contributed by atoms with Gasteiger partial charge in [0.2, 0.25) is 0 Å². The molecule has 1 aliphatic carbocycles. The van der Waals surface area contributed by atoms with Gasteiger partial charge >= 0.3 is 0 Å². The van der Waals surface area contributed by atoms with Crippen molar-refractivity contribution in [2.45, 2.75) is 19.8 Å². The van der Waals surface area contributed by atoms with E-state index in [9.17, 15) is 9.59 Å². The van der Waals surface area contributed by atoms with Crippen molar-refractivity contribution in [1.29, 1.82) is 0 Å². The Morgan fingerprint density at radius 3 is 2.82 bits per heavy atom. The fourth-order valence-electron chi connectivity index (χ4n) is 1.65. The Hall–Kier alpha value is -1.10. The molecule has 1 aliphatic rings. The van der Waals surface area contributed by atoms with Crippen LogP contribution in [0.3, 0.4) is 0 Å². The van der Waals surface area contributed by atoms with Crippen molar-refractivity contribution in [2.24, 2.45) is 5.41 Å². The Morgan fingerprint density at radius 1 is 1.59 bits per heavy atom. The van der Waals surface area contributed by atoms with Crippen LogP contribution >= 0.6 is 15.9 Å². The number of hydrogen-bond donors (Lipinski definition) is 2. The summed E-state index contributed by atoms with van der Waals surface area (Å²) < 4.78 is 0. The lowest BCUT2D eigenvalue weighted by Gasteiger charge is -2.12. The van der Waals surface area contributed by atoms with E-state index in [-0.39, 0.29) is 22.3 Å². The maximum Gasteiger partial charge on any atom is 0.256 e. The summed E-state index contributed by atoms with van der Waals surface area (Å²) in [6, 6.07) is 1.44. The SMILES string of the molecule is Cc1cc(=O)c(C(=O)NCC2(CBr)CC2)c[nH]1. The number of alkyl halides is 1. The second-order valence-electron chi connectivity index (χ2n) is 4.71. The van der Waals surface area contributed by atoms with Gasteiger partial charge in [0, 0.05) is 29.8 Å². The number of nitrogens with one attached hydrogen (secondary N) is 2. The lowest BCUT2D eigenvalue weighted by Crippen LogP contribution is -2.33. The molecular weight excluding hydrogens is 284 g/mol. The smallest absolute Gasteiger partial charge is 0.256 e. The number of aryl methyl sites for hydroxylation is 1. The standard InChI is InChI=1S/C12H15BrN2O2/c1-8-4-10(16)9(5-14-8)11(17)15-7-12(6-13)2-3-12/h4-5H,2-3,6-7H2,1H3,(H,14,16)(H,15,17). The molecule has 0 spiro atoms. The maximum absolute atomic E-state index is 11.8. The summed E-state index contributed by atoms with van der Waals surface area (Å²) in [5, 5.41) is 3.72. The third-order valence-electron chi connectivity index (χ3n) is 3.17. The first-order valence-corrected chi connectivity index (χ1v) is 6.72. The molecule has 17 heavy (non-hydrogen) atoms. The minimum Gasteiger partial charge on any atom is -0.364 e. The second-order valence-corrected chi connectivity index (χ2v) is 5.27. The van der Waals surface area contributed by atoms with Gasteiger partial charge in [0.15, 0.2) is 5.43 Å². The van der Waals surface area contributed by atoms with Crippen LogP contribution in [-0.2, 0) is 0 Å². The quantitative estimate of drug-likeness (QED) is 0.829. The zero-order chi connectivity index (χ0) is 12.5. The topological polar surface area (TPSA) is 62.0 Å². The molecule has 0 radical (unpaired) electrons. The summed E-state index contributed by atoms with van der Waals surface area (Å²) >= 11 is 3.44. The van der Waals surface area contributed by atoms with Gasteiger partial charge in [0.1, 0.15) is 5.56 Å². The zero-order valence-corrected chi connectivity index (χ0v) is 11.3. The minimum absolute atomic E-state index is 0.181. The molecule has 0 aromatic carbocycles. The first kappa shape index (κ1) is 12.4. The van der Waals surface area contributed by atoms with Gasteiger partial charge < -0.3 is 10.3 Å². The third kappa shape index (κ3) is 2.77. The van der Waals surface area contributed by atoms with Crippen LogP contribution < -0.4 is 10.7 Å². The number of amides is 1. The number of carbonyl (C=O) groups excluding carboxylic acids is 1. The number of pyridine rings is 1. The summed E-state index contributed by atoms with van der Waals surface area (Å²) in [7, 11) is 0. The van der Waals surface area contributed by atoms with Crippen LogP contribution in [0.5, 0.6) is 0 Å². The molecule has 0 saturated heterocycles. The van der Waals surface area contributed by atoms with Gasteiger partial charge in [0.25, 0.3) is 5.91 Å². The van der Waals surface area contributed by atoms with Gasteiger partial charge in [-0.15, -0.1) is 0 Å². The molecule has 92 valence electrons. The monoisotopic (exact) mass is 298 g/mol. The van der Waals surface area contributed by atoms with Crippen LogP contribution in [0.1, 0.15) is 28.9 Å². The molecule has 1 fully saturated rings. The van der Waals surface area contributed by atoms with E-state index in [0.717, 1.165) is 23.9 Å². The number of hydrogen-bond acceptors (Lipinski definition) is 2. The van der Waals surface area contributed by atoms with Gasteiger partial charge in [-0.25, -0.2) is 0 Å². The highest BCUT2D eigenvalue weighted by Crippen LogP contribution is 2.46. The molecule has 4 nitrogen and oxygen atoms in total. The fourth-order valence-corrected chi connectivity index (χ4v) is 2.41. The first-order valence-electron chi connectivity index (χ1n) is 5.60. The summed E-state index contributed by atoms with van der Waals surface area (Å²) in [5.41, 5.74) is 0.918. The van der Waals surface area contributed by atoms with Crippen molar-refractivity contribution in [3.63, 3.8) is 0 Å². The Kier molecular flexibility index (Phi) is 3.38. The molecule has 0 bridgehead atoms. The predicted octanol–water partition coefficient (Wildman–Crippen LogP) is 1.59. The van der Waals surface area contributed by atoms with Crippen LogP contribution in [-0.4, -0.2) is 22.8 Å². The molecular formula is C12H15BrN2O2. The van der Waals surface area contributed by atoms with Crippen molar-refractivity contribution in [1.82, 2.24) is 10.3 Å². The van der Waals surface area contributed by atoms with E-state index in [1.54, 1.807) is 6.92 Å². The number of aromatic nitrogens is 1. The van der Waals surface area contributed by atoms with Crippen molar-refractivity contribution < 1.29 is 4.79 Å². The molecule has 0 atom stereocenters. The van der Waals surface area contributed by atoms with Crippen molar-refractivity contribution >= 4 is 21.8 Å². The summed E-state index contributed by atoms with van der Waals surface area (Å²) in [5.74, 6) is -0.293. The molecule has 1 saturated carbocycles. The highest BCUT2D eigenvalue weighted by atomic mass is 79.9. The molecule has 2 N–H and O–H groups in total. The lowest BCUT2D eigenvalue weighted by molar-refractivity contribution is 0.0945. The summed E-state index contributed by atoms with van der Waals surface area (Å²) in [6.07, 6.45) is 3.73. The van der Waals surface area contributed by atoms with Crippen molar-refractivity contribution in [3.05, 3.63) is 33.7 Å². The van der Waals surface area contributed by atoms with Gasteiger partial charge in [-0.1, -0.05) is 15.9 Å². The fraction of sp³-hybridized carbons (Fsp3) is 0.500. The Bertz CT molecular complexity index is 492. The number of aromatic amines is 1. The van der Waals surface area contributed by atoms with Crippen LogP contribution in [0, 0.1) is 12.3 Å². The average Bonchev–Trinajstić information content (AvgIpc) is 3.07. The Labute approximate surface area is 108 Å². The number of halogens is 1. The number of H-pyrrole nitrogens is 1. The van der Waals surface area contributed by atoms with E-state index in [1.165, 1.54) is 12.3 Å². The van der Waals surface area contributed by atoms with Crippen LogP contribution in [0.4, 0.5) is 0 Å². The summed E-state index contributed by atoms with van der Waals surface area (Å²) in [4.78, 5) is 26.3. The minimum atomic E-state index is -0.293. The van der Waals surface area contributed by atoms with E-state index < -0.39 is 0 Å². The van der Waals surface area contributed by atoms with Gasteiger partial charge in [-0.2, -0.15) is 0 Å². The first-order chi connectivity index (χ1) is 8.06. The number of carbonyl (C=O) groups is 1. The largest absolute Gasteiger partial charge is 0.364 e. The zero-order valence-electron chi connectivity index (χ0n) is 9.68. The lowest BCUT2D eigenvalue weighted by atomic mass is 10.1. The van der Waals surface area contributed by atoms with Crippen LogP contribution in [0.2, 0.25) is 0 Å². The van der Waals surface area contributed by atoms with E-state index in [2.05, 4.69) is 26.2 Å². The molecule has 0 unspecified atom stereocenters. The second kappa shape index (κ2) is 4.64. The Morgan fingerprint density at radius 2 is 2.29 bits per heavy atom. The molecule has 0 aliphatic heterocycles. The summed E-state index contributed by atoms with van der Waals surface area (Å²) in [6.45, 7) is 2.41. The molecule has 2 rings (SSSR count). The van der Waals surface area contributed by atoms with E-state index in [4.69, 9.17) is 0 Å². The van der Waals surface area contributed by atoms with E-state index >= 15 is 0 Å². The predicted molar refractivity (Wildman–Crippen MR) is 69.6 cm³/mol. The van der Waals surface area contributed by atoms with Gasteiger partial charge in [-0.05, 0) is 25.2 Å². The third-order valence-corrected chi connectivity index (χ3v) is 4.36. The molecule has 5 heteroatoms. The molecule has 1 aromatic heterocycles. The van der Waals surface area contributed by atoms with Crippen molar-refractivity contribution in [2.75, 3.05) is 11.9 Å². The average molecular weight is 299 g/mol. The van der Waals surface area contributed by atoms with Crippen LogP contribution in [0.15, 0.2) is 17.1 Å². The molecule has 1 aromatic rings. The Balaban J connectivity index is 2.02. The normalized spacial score (nSPS) is 16.6. The highest BCUT2D eigenvalue weighted by Gasteiger charge is 2.41. The van der Waals surface area contributed by atoms with Gasteiger partial charge in [-0.3, -0.25) is 9.59 Å². The number of rotatable bonds is 4. The van der Waals surface area contributed by atoms with Crippen molar-refractivity contribution in [3.8, 4) is 0 Å².